The molecule has 19 heavy (non-hydrogen) atoms. The van der Waals surface area contributed by atoms with Gasteiger partial charge in [-0.1, -0.05) is 11.6 Å². The van der Waals surface area contributed by atoms with Gasteiger partial charge in [0.25, 0.3) is 0 Å². The molecule has 0 aliphatic heterocycles. The topological polar surface area (TPSA) is 81.4 Å². The Kier molecular flexibility index (Phi) is 6.57. The molecule has 0 aliphatic rings. The Morgan fingerprint density at radius 3 is 2.47 bits per heavy atom. The number of nitrogens with one attached hydrogen (secondary N) is 1. The summed E-state index contributed by atoms with van der Waals surface area (Å²) >= 11 is 5.81. The molecule has 0 fully saturated rings. The first-order valence-corrected chi connectivity index (χ1v) is 7.15. The highest BCUT2D eigenvalue weighted by atomic mass is 35.5. The van der Waals surface area contributed by atoms with Crippen molar-refractivity contribution >= 4 is 34.0 Å². The van der Waals surface area contributed by atoms with Gasteiger partial charge in [-0.3, -0.25) is 0 Å². The van der Waals surface area contributed by atoms with Crippen molar-refractivity contribution in [1.29, 1.82) is 0 Å². The lowest BCUT2D eigenvalue weighted by atomic mass is 10.1. The number of sulfonamides is 1. The van der Waals surface area contributed by atoms with Crippen molar-refractivity contribution in [3.8, 4) is 5.75 Å². The molecule has 0 saturated carbocycles. The number of ether oxygens (including phenoxy) is 1. The van der Waals surface area contributed by atoms with Crippen molar-refractivity contribution in [2.75, 3.05) is 13.7 Å². The summed E-state index contributed by atoms with van der Waals surface area (Å²) in [6.45, 7) is 3.57. The maximum absolute atomic E-state index is 12.2. The predicted octanol–water partition coefficient (Wildman–Crippen LogP) is 1.79. The number of methoxy groups -OCH3 is 1. The molecule has 0 unspecified atom stereocenters. The summed E-state index contributed by atoms with van der Waals surface area (Å²) in [4.78, 5) is -0.000903. The van der Waals surface area contributed by atoms with E-state index in [2.05, 4.69) is 4.72 Å². The number of benzene rings is 1. The molecule has 1 rings (SSSR count). The summed E-state index contributed by atoms with van der Waals surface area (Å²) < 4.78 is 32.0. The van der Waals surface area contributed by atoms with E-state index in [-0.39, 0.29) is 29.6 Å². The van der Waals surface area contributed by atoms with Gasteiger partial charge in [-0.25, -0.2) is 13.1 Å². The Morgan fingerprint density at radius 2 is 2.00 bits per heavy atom. The van der Waals surface area contributed by atoms with Crippen LogP contribution in [-0.2, 0) is 10.0 Å². The lowest BCUT2D eigenvalue weighted by Crippen LogP contribution is -2.48. The first-order valence-electron chi connectivity index (χ1n) is 5.29. The Morgan fingerprint density at radius 1 is 1.42 bits per heavy atom. The summed E-state index contributed by atoms with van der Waals surface area (Å²) in [6.07, 6.45) is 0. The van der Waals surface area contributed by atoms with Gasteiger partial charge in [-0.2, -0.15) is 0 Å². The van der Waals surface area contributed by atoms with Gasteiger partial charge in [0.15, 0.2) is 0 Å². The molecule has 0 bridgehead atoms. The molecule has 0 heterocycles. The first-order chi connectivity index (χ1) is 8.22. The first kappa shape index (κ1) is 18.5. The lowest BCUT2D eigenvalue weighted by Gasteiger charge is -2.24. The van der Waals surface area contributed by atoms with E-state index >= 15 is 0 Å². The third-order valence-corrected chi connectivity index (χ3v) is 4.29. The minimum atomic E-state index is -3.73. The van der Waals surface area contributed by atoms with Crippen LogP contribution in [0.15, 0.2) is 23.1 Å². The van der Waals surface area contributed by atoms with Crippen molar-refractivity contribution in [2.24, 2.45) is 5.73 Å². The number of hydrogen-bond donors (Lipinski definition) is 2. The van der Waals surface area contributed by atoms with Crippen LogP contribution < -0.4 is 15.2 Å². The van der Waals surface area contributed by atoms with Crippen LogP contribution in [0.4, 0.5) is 0 Å². The standard InChI is InChI=1S/C11H17ClN2O3S.ClH/c1-11(2,7-13)14-18(15,16)10-6-8(12)4-5-9(10)17-3;/h4-6,14H,7,13H2,1-3H3;1H. The van der Waals surface area contributed by atoms with E-state index in [9.17, 15) is 8.42 Å². The van der Waals surface area contributed by atoms with Crippen LogP contribution in [0.3, 0.4) is 0 Å². The minimum absolute atomic E-state index is 0. The molecular weight excluding hydrogens is 311 g/mol. The molecule has 0 saturated heterocycles. The van der Waals surface area contributed by atoms with Crippen molar-refractivity contribution < 1.29 is 13.2 Å². The monoisotopic (exact) mass is 328 g/mol. The van der Waals surface area contributed by atoms with Crippen LogP contribution >= 0.6 is 24.0 Å². The Hall–Kier alpha value is -0.530. The molecular formula is C11H18Cl2N2O3S. The summed E-state index contributed by atoms with van der Waals surface area (Å²) in [5.74, 6) is 0.236. The van der Waals surface area contributed by atoms with Gasteiger partial charge >= 0.3 is 0 Å². The highest BCUT2D eigenvalue weighted by molar-refractivity contribution is 7.89. The molecule has 0 radical (unpaired) electrons. The smallest absolute Gasteiger partial charge is 0.244 e. The summed E-state index contributed by atoms with van der Waals surface area (Å²) in [5.41, 5.74) is 4.76. The molecule has 8 heteroatoms. The SMILES string of the molecule is COc1ccc(Cl)cc1S(=O)(=O)NC(C)(C)CN.Cl. The molecule has 0 aromatic heterocycles. The summed E-state index contributed by atoms with van der Waals surface area (Å²) in [7, 11) is -2.34. The van der Waals surface area contributed by atoms with E-state index in [1.807, 2.05) is 0 Å². The number of halogens is 2. The third kappa shape index (κ3) is 4.81. The van der Waals surface area contributed by atoms with Crippen molar-refractivity contribution in [3.63, 3.8) is 0 Å². The van der Waals surface area contributed by atoms with Crippen LogP contribution in [0.5, 0.6) is 5.75 Å². The zero-order valence-corrected chi connectivity index (χ0v) is 13.3. The maximum Gasteiger partial charge on any atom is 0.244 e. The van der Waals surface area contributed by atoms with Gasteiger partial charge in [0.1, 0.15) is 10.6 Å². The number of hydrogen-bond acceptors (Lipinski definition) is 4. The molecule has 0 atom stereocenters. The van der Waals surface area contributed by atoms with E-state index in [1.165, 1.54) is 19.2 Å². The van der Waals surface area contributed by atoms with Gasteiger partial charge in [-0.05, 0) is 32.0 Å². The highest BCUT2D eigenvalue weighted by Crippen LogP contribution is 2.27. The zero-order chi connectivity index (χ0) is 14.0. The molecule has 110 valence electrons. The Labute approximate surface area is 124 Å². The fourth-order valence-electron chi connectivity index (χ4n) is 1.32. The van der Waals surface area contributed by atoms with Crippen molar-refractivity contribution in [1.82, 2.24) is 4.72 Å². The van der Waals surface area contributed by atoms with Crippen LogP contribution in [0.2, 0.25) is 5.02 Å². The minimum Gasteiger partial charge on any atom is -0.495 e. The van der Waals surface area contributed by atoms with Gasteiger partial charge in [0.2, 0.25) is 10.0 Å². The average Bonchev–Trinajstić information content (AvgIpc) is 2.28. The zero-order valence-electron chi connectivity index (χ0n) is 10.9. The molecule has 0 spiro atoms. The second kappa shape index (κ2) is 6.76. The third-order valence-electron chi connectivity index (χ3n) is 2.34. The maximum atomic E-state index is 12.2. The highest BCUT2D eigenvalue weighted by Gasteiger charge is 2.27. The number of nitrogens with two attached hydrogens (primary N) is 1. The fourth-order valence-corrected chi connectivity index (χ4v) is 3.18. The van der Waals surface area contributed by atoms with Gasteiger partial charge < -0.3 is 10.5 Å². The van der Waals surface area contributed by atoms with Gasteiger partial charge in [-0.15, -0.1) is 12.4 Å². The average molecular weight is 329 g/mol. The molecule has 5 nitrogen and oxygen atoms in total. The molecule has 1 aromatic carbocycles. The lowest BCUT2D eigenvalue weighted by molar-refractivity contribution is 0.400. The Balaban J connectivity index is 0.00000324. The summed E-state index contributed by atoms with van der Waals surface area (Å²) in [5, 5.41) is 0.321. The molecule has 3 N–H and O–H groups in total. The Bertz CT molecular complexity index is 533. The van der Waals surface area contributed by atoms with E-state index in [1.54, 1.807) is 19.9 Å². The van der Waals surface area contributed by atoms with E-state index < -0.39 is 15.6 Å². The van der Waals surface area contributed by atoms with Crippen LogP contribution in [0.1, 0.15) is 13.8 Å². The molecule has 1 aromatic rings. The van der Waals surface area contributed by atoms with Crippen LogP contribution in [0, 0.1) is 0 Å². The van der Waals surface area contributed by atoms with E-state index in [0.29, 0.717) is 5.02 Å². The van der Waals surface area contributed by atoms with Gasteiger partial charge in [0, 0.05) is 17.1 Å². The van der Waals surface area contributed by atoms with E-state index in [4.69, 9.17) is 22.1 Å². The molecule has 0 amide bonds. The van der Waals surface area contributed by atoms with Crippen molar-refractivity contribution in [3.05, 3.63) is 23.2 Å². The second-order valence-electron chi connectivity index (χ2n) is 4.49. The van der Waals surface area contributed by atoms with Crippen molar-refractivity contribution in [2.45, 2.75) is 24.3 Å². The quantitative estimate of drug-likeness (QED) is 0.863. The van der Waals surface area contributed by atoms with Crippen LogP contribution in [-0.4, -0.2) is 27.6 Å². The predicted molar refractivity (Wildman–Crippen MR) is 78.7 cm³/mol. The van der Waals surface area contributed by atoms with Crippen LogP contribution in [0.25, 0.3) is 0 Å². The normalized spacial score (nSPS) is 11.8. The van der Waals surface area contributed by atoms with E-state index in [0.717, 1.165) is 0 Å². The summed E-state index contributed by atoms with van der Waals surface area (Å²) in [6, 6.07) is 4.41. The largest absolute Gasteiger partial charge is 0.495 e. The second-order valence-corrected chi connectivity index (χ2v) is 6.58. The molecule has 0 aliphatic carbocycles. The number of rotatable bonds is 5. The fraction of sp³-hybridized carbons (Fsp3) is 0.455. The van der Waals surface area contributed by atoms with Gasteiger partial charge in [0.05, 0.1) is 7.11 Å².